The Balaban J connectivity index is 2.10. The maximum atomic E-state index is 5.41. The normalized spacial score (nSPS) is 10.7. The average molecular weight is 209 g/mol. The van der Waals surface area contributed by atoms with Crippen molar-refractivity contribution in [2.45, 2.75) is 20.0 Å². The molecular weight excluding hydrogens is 198 g/mol. The van der Waals surface area contributed by atoms with Crippen LogP contribution in [0.4, 0.5) is 0 Å². The van der Waals surface area contributed by atoms with E-state index in [9.17, 15) is 0 Å². The molecule has 2 aromatic heterocycles. The molecule has 2 rings (SSSR count). The van der Waals surface area contributed by atoms with Gasteiger partial charge in [0.2, 0.25) is 0 Å². The maximum Gasteiger partial charge on any atom is 0.164 e. The van der Waals surface area contributed by atoms with Gasteiger partial charge in [-0.1, -0.05) is 0 Å². The molecule has 0 spiro atoms. The Morgan fingerprint density at radius 3 is 3.00 bits per heavy atom. The first kappa shape index (κ1) is 9.29. The first-order valence-electron chi connectivity index (χ1n) is 4.27. The average Bonchev–Trinajstić information content (AvgIpc) is 2.76. The van der Waals surface area contributed by atoms with Crippen LogP contribution in [0, 0.1) is 6.92 Å². The second-order valence-corrected chi connectivity index (χ2v) is 3.89. The zero-order chi connectivity index (χ0) is 9.97. The monoisotopic (exact) mass is 209 g/mol. The van der Waals surface area contributed by atoms with Crippen molar-refractivity contribution in [3.8, 4) is 0 Å². The van der Waals surface area contributed by atoms with E-state index in [2.05, 4.69) is 15.1 Å². The minimum absolute atomic E-state index is 0.379. The summed E-state index contributed by atoms with van der Waals surface area (Å²) in [7, 11) is 0. The number of nitrogens with zero attached hydrogens (tertiary/aromatic N) is 4. The Hall–Kier alpha value is -1.27. The van der Waals surface area contributed by atoms with Gasteiger partial charge in [-0.25, -0.2) is 14.6 Å². The highest BCUT2D eigenvalue weighted by Crippen LogP contribution is 2.09. The second-order valence-electron chi connectivity index (χ2n) is 2.95. The van der Waals surface area contributed by atoms with E-state index in [4.69, 9.17) is 5.73 Å². The second kappa shape index (κ2) is 3.85. The fourth-order valence-corrected chi connectivity index (χ4v) is 1.88. The lowest BCUT2D eigenvalue weighted by molar-refractivity contribution is 0.668. The van der Waals surface area contributed by atoms with Crippen LogP contribution in [0.15, 0.2) is 11.7 Å². The van der Waals surface area contributed by atoms with Crippen molar-refractivity contribution < 1.29 is 0 Å². The van der Waals surface area contributed by atoms with Crippen molar-refractivity contribution in [1.29, 1.82) is 0 Å². The van der Waals surface area contributed by atoms with E-state index in [0.717, 1.165) is 10.7 Å². The van der Waals surface area contributed by atoms with Crippen LogP contribution in [0.3, 0.4) is 0 Å². The molecule has 0 amide bonds. The molecule has 74 valence electrons. The summed E-state index contributed by atoms with van der Waals surface area (Å²) in [5, 5.41) is 7.24. The van der Waals surface area contributed by atoms with E-state index in [1.54, 1.807) is 22.3 Å². The van der Waals surface area contributed by atoms with Gasteiger partial charge in [0.15, 0.2) is 5.82 Å². The molecule has 0 atom stereocenters. The van der Waals surface area contributed by atoms with Crippen molar-refractivity contribution >= 4 is 11.3 Å². The van der Waals surface area contributed by atoms with E-state index >= 15 is 0 Å². The van der Waals surface area contributed by atoms with Crippen LogP contribution < -0.4 is 5.73 Å². The highest BCUT2D eigenvalue weighted by Gasteiger charge is 2.02. The van der Waals surface area contributed by atoms with E-state index in [-0.39, 0.29) is 0 Å². The van der Waals surface area contributed by atoms with E-state index < -0.39 is 0 Å². The van der Waals surface area contributed by atoms with Crippen molar-refractivity contribution in [3.63, 3.8) is 0 Å². The lowest BCUT2D eigenvalue weighted by Gasteiger charge is -1.94. The van der Waals surface area contributed by atoms with Crippen molar-refractivity contribution in [2.24, 2.45) is 5.73 Å². The third kappa shape index (κ3) is 1.97. The third-order valence-electron chi connectivity index (χ3n) is 1.73. The van der Waals surface area contributed by atoms with Crippen molar-refractivity contribution in [3.05, 3.63) is 28.2 Å². The molecule has 6 heteroatoms. The predicted octanol–water partition coefficient (Wildman–Crippen LogP) is 0.550. The van der Waals surface area contributed by atoms with Gasteiger partial charge in [0.25, 0.3) is 0 Å². The summed E-state index contributed by atoms with van der Waals surface area (Å²) in [4.78, 5) is 8.38. The Bertz CT molecular complexity index is 419. The van der Waals surface area contributed by atoms with E-state index in [1.807, 2.05) is 12.3 Å². The molecule has 14 heavy (non-hydrogen) atoms. The van der Waals surface area contributed by atoms with Crippen LogP contribution in [-0.4, -0.2) is 19.7 Å². The SMILES string of the molecule is Cc1csc(Cn2cnc(CN)n2)n1. The minimum Gasteiger partial charge on any atom is -0.324 e. The minimum atomic E-state index is 0.379. The number of aromatic nitrogens is 4. The molecular formula is C8H11N5S. The molecule has 5 nitrogen and oxygen atoms in total. The van der Waals surface area contributed by atoms with Crippen LogP contribution in [-0.2, 0) is 13.1 Å². The van der Waals surface area contributed by atoms with Crippen molar-refractivity contribution in [2.75, 3.05) is 0 Å². The van der Waals surface area contributed by atoms with Crippen LogP contribution >= 0.6 is 11.3 Å². The van der Waals surface area contributed by atoms with Gasteiger partial charge in [0.05, 0.1) is 13.1 Å². The quantitative estimate of drug-likeness (QED) is 0.801. The molecule has 0 aromatic carbocycles. The van der Waals surface area contributed by atoms with Crippen LogP contribution in [0.25, 0.3) is 0 Å². The molecule has 0 aliphatic heterocycles. The number of hydrogen-bond acceptors (Lipinski definition) is 5. The molecule has 0 saturated carbocycles. The standard InChI is InChI=1S/C8H11N5S/c1-6-4-14-8(11-6)3-13-5-10-7(2-9)12-13/h4-5H,2-3,9H2,1H3. The molecule has 2 heterocycles. The number of hydrogen-bond donors (Lipinski definition) is 1. The molecule has 0 unspecified atom stereocenters. The summed E-state index contributed by atoms with van der Waals surface area (Å²) in [6, 6.07) is 0. The lowest BCUT2D eigenvalue weighted by atomic mass is 10.6. The Labute approximate surface area is 85.6 Å². The van der Waals surface area contributed by atoms with Gasteiger partial charge >= 0.3 is 0 Å². The predicted molar refractivity (Wildman–Crippen MR) is 53.9 cm³/mol. The molecule has 2 N–H and O–H groups in total. The van der Waals surface area contributed by atoms with Crippen LogP contribution in [0.2, 0.25) is 0 Å². The van der Waals surface area contributed by atoms with Gasteiger partial charge in [-0.05, 0) is 6.92 Å². The fourth-order valence-electron chi connectivity index (χ4n) is 1.12. The molecule has 0 fully saturated rings. The van der Waals surface area contributed by atoms with Crippen LogP contribution in [0.1, 0.15) is 16.5 Å². The van der Waals surface area contributed by atoms with Gasteiger partial charge in [-0.15, -0.1) is 11.3 Å². The van der Waals surface area contributed by atoms with E-state index in [1.165, 1.54) is 0 Å². The van der Waals surface area contributed by atoms with Crippen LogP contribution in [0.5, 0.6) is 0 Å². The first-order chi connectivity index (χ1) is 6.78. The molecule has 0 saturated heterocycles. The largest absolute Gasteiger partial charge is 0.324 e. The van der Waals surface area contributed by atoms with Gasteiger partial charge in [-0.3, -0.25) is 0 Å². The maximum absolute atomic E-state index is 5.41. The highest BCUT2D eigenvalue weighted by atomic mass is 32.1. The van der Waals surface area contributed by atoms with Gasteiger partial charge in [0.1, 0.15) is 11.3 Å². The summed E-state index contributed by atoms with van der Waals surface area (Å²) in [5.74, 6) is 0.665. The summed E-state index contributed by atoms with van der Waals surface area (Å²) in [6.45, 7) is 3.03. The molecule has 0 aliphatic rings. The van der Waals surface area contributed by atoms with Gasteiger partial charge in [0, 0.05) is 11.1 Å². The molecule has 0 bridgehead atoms. The first-order valence-corrected chi connectivity index (χ1v) is 5.15. The molecule has 2 aromatic rings. The lowest BCUT2D eigenvalue weighted by Crippen LogP contribution is -2.03. The summed E-state index contributed by atoms with van der Waals surface area (Å²) in [5.41, 5.74) is 6.45. The topological polar surface area (TPSA) is 69.6 Å². The van der Waals surface area contributed by atoms with Gasteiger partial charge < -0.3 is 5.73 Å². The summed E-state index contributed by atoms with van der Waals surface area (Å²) < 4.78 is 1.75. The summed E-state index contributed by atoms with van der Waals surface area (Å²) in [6.07, 6.45) is 1.68. The fraction of sp³-hybridized carbons (Fsp3) is 0.375. The molecule has 0 aliphatic carbocycles. The number of thiazole rings is 1. The summed E-state index contributed by atoms with van der Waals surface area (Å²) >= 11 is 1.63. The van der Waals surface area contributed by atoms with Gasteiger partial charge in [-0.2, -0.15) is 5.10 Å². The number of nitrogens with two attached hydrogens (primary N) is 1. The zero-order valence-corrected chi connectivity index (χ0v) is 8.66. The number of rotatable bonds is 3. The number of aryl methyl sites for hydroxylation is 1. The van der Waals surface area contributed by atoms with E-state index in [0.29, 0.717) is 18.9 Å². The third-order valence-corrected chi connectivity index (χ3v) is 2.68. The highest BCUT2D eigenvalue weighted by molar-refractivity contribution is 7.09. The molecule has 0 radical (unpaired) electrons. The zero-order valence-electron chi connectivity index (χ0n) is 7.84. The Kier molecular flexibility index (Phi) is 2.55. The van der Waals surface area contributed by atoms with Crippen molar-refractivity contribution in [1.82, 2.24) is 19.7 Å². The smallest absolute Gasteiger partial charge is 0.164 e. The Morgan fingerprint density at radius 1 is 1.57 bits per heavy atom. The Morgan fingerprint density at radius 2 is 2.43 bits per heavy atom.